The van der Waals surface area contributed by atoms with Gasteiger partial charge in [0, 0.05) is 36.4 Å². The van der Waals surface area contributed by atoms with Crippen LogP contribution in [0.25, 0.3) is 5.52 Å². The van der Waals surface area contributed by atoms with Crippen LogP contribution in [0.15, 0.2) is 18.5 Å². The van der Waals surface area contributed by atoms with E-state index < -0.39 is 11.9 Å². The third-order valence-corrected chi connectivity index (χ3v) is 4.07. The first kappa shape index (κ1) is 13.7. The molecular formula is C12H12BrF3N4. The molecule has 0 aliphatic carbocycles. The largest absolute Gasteiger partial charge is 0.435 e. The molecule has 1 aliphatic rings. The summed E-state index contributed by atoms with van der Waals surface area (Å²) >= 11 is 3.56. The van der Waals surface area contributed by atoms with Crippen LogP contribution < -0.4 is 4.90 Å². The van der Waals surface area contributed by atoms with Crippen molar-refractivity contribution in [2.45, 2.75) is 23.8 Å². The van der Waals surface area contributed by atoms with Crippen LogP contribution in [-0.4, -0.2) is 32.5 Å². The highest BCUT2D eigenvalue weighted by molar-refractivity contribution is 9.09. The fourth-order valence-corrected chi connectivity index (χ4v) is 3.08. The fourth-order valence-electron chi connectivity index (χ4n) is 2.41. The minimum atomic E-state index is -4.44. The van der Waals surface area contributed by atoms with Crippen LogP contribution in [0.2, 0.25) is 0 Å². The maximum atomic E-state index is 12.7. The highest BCUT2D eigenvalue weighted by atomic mass is 79.9. The molecule has 0 spiro atoms. The van der Waals surface area contributed by atoms with Crippen LogP contribution >= 0.6 is 15.9 Å². The first-order valence-electron chi connectivity index (χ1n) is 6.26. The SMILES string of the molecule is FC(F)(F)c1cc2c(N3CCCC(Br)C3)nccn2n1. The van der Waals surface area contributed by atoms with Crippen molar-refractivity contribution in [2.24, 2.45) is 0 Å². The minimum Gasteiger partial charge on any atom is -0.354 e. The molecule has 1 atom stereocenters. The zero-order valence-corrected chi connectivity index (χ0v) is 12.0. The van der Waals surface area contributed by atoms with E-state index in [0.29, 0.717) is 16.2 Å². The first-order chi connectivity index (χ1) is 9.45. The molecule has 1 aliphatic heterocycles. The van der Waals surface area contributed by atoms with E-state index in [1.165, 1.54) is 16.9 Å². The summed E-state index contributed by atoms with van der Waals surface area (Å²) in [7, 11) is 0. The molecule has 3 rings (SSSR count). The van der Waals surface area contributed by atoms with Crippen molar-refractivity contribution in [1.29, 1.82) is 0 Å². The van der Waals surface area contributed by atoms with Gasteiger partial charge in [0.25, 0.3) is 0 Å². The number of hydrogen-bond donors (Lipinski definition) is 0. The summed E-state index contributed by atoms with van der Waals surface area (Å²) in [5.74, 6) is 0.555. The van der Waals surface area contributed by atoms with Gasteiger partial charge in [-0.15, -0.1) is 0 Å². The minimum absolute atomic E-state index is 0.336. The molecule has 0 aromatic carbocycles. The Hall–Kier alpha value is -1.31. The van der Waals surface area contributed by atoms with Gasteiger partial charge >= 0.3 is 6.18 Å². The van der Waals surface area contributed by atoms with Crippen molar-refractivity contribution in [3.05, 3.63) is 24.2 Å². The van der Waals surface area contributed by atoms with E-state index in [1.54, 1.807) is 0 Å². The van der Waals surface area contributed by atoms with Gasteiger partial charge in [-0.1, -0.05) is 15.9 Å². The second-order valence-corrected chi connectivity index (χ2v) is 6.09. The number of nitrogens with zero attached hydrogens (tertiary/aromatic N) is 4. The summed E-state index contributed by atoms with van der Waals surface area (Å²) in [4.78, 5) is 6.57. The zero-order chi connectivity index (χ0) is 14.3. The number of alkyl halides is 4. The number of anilines is 1. The molecule has 108 valence electrons. The van der Waals surface area contributed by atoms with E-state index >= 15 is 0 Å². The molecule has 0 amide bonds. The third-order valence-electron chi connectivity index (χ3n) is 3.32. The standard InChI is InChI=1S/C12H12BrF3N4/c13-8-2-1-4-19(7-8)11-9-6-10(12(14,15)16)18-20(9)5-3-17-11/h3,5-6,8H,1-2,4,7H2. The fraction of sp³-hybridized carbons (Fsp3) is 0.500. The summed E-state index contributed by atoms with van der Waals surface area (Å²) in [6, 6.07) is 1.06. The summed E-state index contributed by atoms with van der Waals surface area (Å²) in [5, 5.41) is 3.57. The van der Waals surface area contributed by atoms with Gasteiger partial charge in [-0.3, -0.25) is 0 Å². The van der Waals surface area contributed by atoms with Crippen molar-refractivity contribution in [1.82, 2.24) is 14.6 Å². The molecule has 8 heteroatoms. The Bertz CT molecular complexity index is 625. The van der Waals surface area contributed by atoms with Gasteiger partial charge in [-0.05, 0) is 12.8 Å². The zero-order valence-electron chi connectivity index (χ0n) is 10.4. The first-order valence-corrected chi connectivity index (χ1v) is 7.17. The summed E-state index contributed by atoms with van der Waals surface area (Å²) in [5.41, 5.74) is -0.499. The van der Waals surface area contributed by atoms with E-state index in [4.69, 9.17) is 0 Å². The average Bonchev–Trinajstić information content (AvgIpc) is 2.82. The highest BCUT2D eigenvalue weighted by Gasteiger charge is 2.35. The maximum absolute atomic E-state index is 12.7. The maximum Gasteiger partial charge on any atom is 0.435 e. The predicted molar refractivity (Wildman–Crippen MR) is 72.2 cm³/mol. The number of piperidine rings is 1. The van der Waals surface area contributed by atoms with Gasteiger partial charge in [0.15, 0.2) is 11.5 Å². The van der Waals surface area contributed by atoms with E-state index in [0.717, 1.165) is 32.0 Å². The van der Waals surface area contributed by atoms with E-state index in [9.17, 15) is 13.2 Å². The van der Waals surface area contributed by atoms with Crippen molar-refractivity contribution in [3.63, 3.8) is 0 Å². The molecule has 2 aromatic heterocycles. The normalized spacial score (nSPS) is 20.6. The van der Waals surface area contributed by atoms with Crippen molar-refractivity contribution in [2.75, 3.05) is 18.0 Å². The Morgan fingerprint density at radius 3 is 2.85 bits per heavy atom. The molecule has 0 bridgehead atoms. The van der Waals surface area contributed by atoms with Gasteiger partial charge in [0.1, 0.15) is 5.52 Å². The van der Waals surface area contributed by atoms with Crippen LogP contribution in [0.1, 0.15) is 18.5 Å². The molecule has 0 saturated carbocycles. The molecule has 3 heterocycles. The molecule has 0 radical (unpaired) electrons. The molecule has 0 N–H and O–H groups in total. The van der Waals surface area contributed by atoms with Crippen LogP contribution in [0.3, 0.4) is 0 Å². The van der Waals surface area contributed by atoms with E-state index in [-0.39, 0.29) is 0 Å². The lowest BCUT2D eigenvalue weighted by Crippen LogP contribution is -2.36. The second-order valence-electron chi connectivity index (χ2n) is 4.79. The lowest BCUT2D eigenvalue weighted by Gasteiger charge is -2.31. The van der Waals surface area contributed by atoms with Crippen LogP contribution in [0.4, 0.5) is 19.0 Å². The number of halogens is 4. The number of rotatable bonds is 1. The van der Waals surface area contributed by atoms with Crippen LogP contribution in [0, 0.1) is 0 Å². The Kier molecular flexibility index (Phi) is 3.35. The predicted octanol–water partition coefficient (Wildman–Crippen LogP) is 3.11. The highest BCUT2D eigenvalue weighted by Crippen LogP contribution is 2.31. The quantitative estimate of drug-likeness (QED) is 0.742. The van der Waals surface area contributed by atoms with Gasteiger partial charge in [0.05, 0.1) is 0 Å². The Morgan fingerprint density at radius 1 is 1.35 bits per heavy atom. The monoisotopic (exact) mass is 348 g/mol. The summed E-state index contributed by atoms with van der Waals surface area (Å²) in [6.07, 6.45) is 0.520. The molecular weight excluding hydrogens is 337 g/mol. The smallest absolute Gasteiger partial charge is 0.354 e. The molecule has 1 unspecified atom stereocenters. The van der Waals surface area contributed by atoms with Gasteiger partial charge in [0.2, 0.25) is 0 Å². The van der Waals surface area contributed by atoms with Crippen LogP contribution in [0.5, 0.6) is 0 Å². The summed E-state index contributed by atoms with van der Waals surface area (Å²) < 4.78 is 39.5. The van der Waals surface area contributed by atoms with Crippen molar-refractivity contribution < 1.29 is 13.2 Å². The lowest BCUT2D eigenvalue weighted by atomic mass is 10.1. The number of fused-ring (bicyclic) bond motifs is 1. The molecule has 1 fully saturated rings. The second kappa shape index (κ2) is 4.91. The topological polar surface area (TPSA) is 33.4 Å². The van der Waals surface area contributed by atoms with Crippen molar-refractivity contribution in [3.8, 4) is 0 Å². The van der Waals surface area contributed by atoms with Crippen LogP contribution in [-0.2, 0) is 6.18 Å². The Balaban J connectivity index is 2.04. The Labute approximate surface area is 121 Å². The van der Waals surface area contributed by atoms with Gasteiger partial charge in [-0.2, -0.15) is 18.3 Å². The third kappa shape index (κ3) is 2.48. The van der Waals surface area contributed by atoms with Gasteiger partial charge in [-0.25, -0.2) is 9.50 Å². The summed E-state index contributed by atoms with van der Waals surface area (Å²) in [6.45, 7) is 1.53. The lowest BCUT2D eigenvalue weighted by molar-refractivity contribution is -0.141. The van der Waals surface area contributed by atoms with E-state index in [2.05, 4.69) is 26.0 Å². The van der Waals surface area contributed by atoms with E-state index in [1.807, 2.05) is 4.90 Å². The molecule has 20 heavy (non-hydrogen) atoms. The molecule has 1 saturated heterocycles. The average molecular weight is 349 g/mol. The van der Waals surface area contributed by atoms with Crippen molar-refractivity contribution >= 4 is 27.3 Å². The Morgan fingerprint density at radius 2 is 2.15 bits per heavy atom. The molecule has 4 nitrogen and oxygen atoms in total. The number of aromatic nitrogens is 3. The number of hydrogen-bond acceptors (Lipinski definition) is 3. The molecule has 2 aromatic rings. The van der Waals surface area contributed by atoms with Gasteiger partial charge < -0.3 is 4.90 Å².